The van der Waals surface area contributed by atoms with Crippen molar-refractivity contribution in [2.75, 3.05) is 6.54 Å². The third-order valence-corrected chi connectivity index (χ3v) is 3.95. The summed E-state index contributed by atoms with van der Waals surface area (Å²) in [7, 11) is 0. The van der Waals surface area contributed by atoms with Gasteiger partial charge in [-0.3, -0.25) is 14.5 Å². The first kappa shape index (κ1) is 20.6. The van der Waals surface area contributed by atoms with E-state index in [-0.39, 0.29) is 30.8 Å². The molecule has 0 radical (unpaired) electrons. The number of primary amides is 1. The Labute approximate surface area is 159 Å². The van der Waals surface area contributed by atoms with Crippen LogP contribution >= 0.6 is 0 Å². The molecule has 1 amide bonds. The molecule has 28 heavy (non-hydrogen) atoms. The van der Waals surface area contributed by atoms with Crippen LogP contribution in [0.4, 0.5) is 0 Å². The Morgan fingerprint density at radius 1 is 0.786 bits per heavy atom. The van der Waals surface area contributed by atoms with Gasteiger partial charge in [-0.15, -0.1) is 0 Å². The molecular formula is C19H18N2O7. The SMILES string of the molecule is NC(=O)c1ccc(CN(CC(=O)O)Cc2ccc(C(=O)O)c(C(=O)O)c2)cc1. The molecule has 2 rings (SSSR count). The predicted molar refractivity (Wildman–Crippen MR) is 97.1 cm³/mol. The van der Waals surface area contributed by atoms with Gasteiger partial charge in [-0.1, -0.05) is 18.2 Å². The van der Waals surface area contributed by atoms with Crippen LogP contribution in [-0.2, 0) is 17.9 Å². The smallest absolute Gasteiger partial charge is 0.336 e. The molecule has 0 bridgehead atoms. The minimum Gasteiger partial charge on any atom is -0.480 e. The Bertz CT molecular complexity index is 922. The molecule has 0 fully saturated rings. The summed E-state index contributed by atoms with van der Waals surface area (Å²) in [6.07, 6.45) is 0. The number of aromatic carboxylic acids is 2. The zero-order valence-corrected chi connectivity index (χ0v) is 14.7. The van der Waals surface area contributed by atoms with Crippen molar-refractivity contribution in [3.8, 4) is 0 Å². The second-order valence-corrected chi connectivity index (χ2v) is 6.09. The zero-order valence-electron chi connectivity index (χ0n) is 14.7. The van der Waals surface area contributed by atoms with Gasteiger partial charge in [-0.25, -0.2) is 9.59 Å². The number of carboxylic acids is 3. The van der Waals surface area contributed by atoms with Crippen molar-refractivity contribution >= 4 is 23.8 Å². The van der Waals surface area contributed by atoms with E-state index < -0.39 is 23.8 Å². The highest BCUT2D eigenvalue weighted by atomic mass is 16.4. The minimum atomic E-state index is -1.38. The van der Waals surface area contributed by atoms with Crippen LogP contribution in [-0.4, -0.2) is 50.6 Å². The first-order valence-electron chi connectivity index (χ1n) is 8.09. The summed E-state index contributed by atoms with van der Waals surface area (Å²) >= 11 is 0. The van der Waals surface area contributed by atoms with Crippen molar-refractivity contribution in [1.82, 2.24) is 4.90 Å². The number of carbonyl (C=O) groups excluding carboxylic acids is 1. The molecule has 0 aliphatic carbocycles. The van der Waals surface area contributed by atoms with Crippen molar-refractivity contribution in [3.63, 3.8) is 0 Å². The number of hydrogen-bond donors (Lipinski definition) is 4. The highest BCUT2D eigenvalue weighted by Crippen LogP contribution is 2.16. The molecule has 0 aliphatic rings. The molecule has 9 nitrogen and oxygen atoms in total. The van der Waals surface area contributed by atoms with Gasteiger partial charge < -0.3 is 21.1 Å². The molecule has 5 N–H and O–H groups in total. The summed E-state index contributed by atoms with van der Waals surface area (Å²) in [4.78, 5) is 46.3. The van der Waals surface area contributed by atoms with E-state index in [0.717, 1.165) is 5.56 Å². The van der Waals surface area contributed by atoms with Crippen LogP contribution in [0.15, 0.2) is 42.5 Å². The summed E-state index contributed by atoms with van der Waals surface area (Å²) in [5.74, 6) is -4.39. The number of nitrogens with zero attached hydrogens (tertiary/aromatic N) is 1. The first-order chi connectivity index (χ1) is 13.2. The largest absolute Gasteiger partial charge is 0.480 e. The number of rotatable bonds is 9. The van der Waals surface area contributed by atoms with E-state index in [1.54, 1.807) is 17.0 Å². The lowest BCUT2D eigenvalue weighted by Crippen LogP contribution is -2.29. The van der Waals surface area contributed by atoms with E-state index in [0.29, 0.717) is 11.1 Å². The Hall–Kier alpha value is -3.72. The van der Waals surface area contributed by atoms with Crippen LogP contribution < -0.4 is 5.73 Å². The second kappa shape index (κ2) is 8.78. The molecule has 0 aliphatic heterocycles. The lowest BCUT2D eigenvalue weighted by atomic mass is 10.0. The topological polar surface area (TPSA) is 158 Å². The Morgan fingerprint density at radius 2 is 1.32 bits per heavy atom. The molecule has 0 saturated heterocycles. The summed E-state index contributed by atoms with van der Waals surface area (Å²) in [5, 5.41) is 27.4. The number of aliphatic carboxylic acids is 1. The summed E-state index contributed by atoms with van der Waals surface area (Å²) in [6.45, 7) is -0.0147. The number of carbonyl (C=O) groups is 4. The minimum absolute atomic E-state index is 0.0874. The predicted octanol–water partition coefficient (Wildman–Crippen LogP) is 1.27. The van der Waals surface area contributed by atoms with Crippen LogP contribution in [0.5, 0.6) is 0 Å². The lowest BCUT2D eigenvalue weighted by molar-refractivity contribution is -0.138. The normalized spacial score (nSPS) is 10.6. The Balaban J connectivity index is 2.25. The van der Waals surface area contributed by atoms with Gasteiger partial charge in [0.2, 0.25) is 5.91 Å². The number of amides is 1. The standard InChI is InChI=1S/C19H18N2O7/c20-17(24)13-4-1-11(2-5-13)8-21(10-16(22)23)9-12-3-6-14(18(25)26)15(7-12)19(27)28/h1-7H,8-10H2,(H2,20,24)(H,22,23)(H,25,26)(H,27,28). The van der Waals surface area contributed by atoms with Gasteiger partial charge in [-0.05, 0) is 35.4 Å². The van der Waals surface area contributed by atoms with Gasteiger partial charge in [-0.2, -0.15) is 0 Å². The molecule has 0 atom stereocenters. The molecule has 0 aromatic heterocycles. The zero-order chi connectivity index (χ0) is 20.8. The third-order valence-electron chi connectivity index (χ3n) is 3.95. The lowest BCUT2D eigenvalue weighted by Gasteiger charge is -2.21. The van der Waals surface area contributed by atoms with Gasteiger partial charge in [0, 0.05) is 18.7 Å². The average Bonchev–Trinajstić information content (AvgIpc) is 2.61. The van der Waals surface area contributed by atoms with Crippen LogP contribution in [0, 0.1) is 0 Å². The fourth-order valence-corrected chi connectivity index (χ4v) is 2.70. The maximum atomic E-state index is 11.3. The summed E-state index contributed by atoms with van der Waals surface area (Å²) < 4.78 is 0. The van der Waals surface area contributed by atoms with Crippen LogP contribution in [0.2, 0.25) is 0 Å². The average molecular weight is 386 g/mol. The quantitative estimate of drug-likeness (QED) is 0.501. The number of carboxylic acid groups (broad SMARTS) is 3. The number of hydrogen-bond acceptors (Lipinski definition) is 5. The molecule has 0 heterocycles. The van der Waals surface area contributed by atoms with Gasteiger partial charge in [0.1, 0.15) is 0 Å². The molecule has 2 aromatic carbocycles. The van der Waals surface area contributed by atoms with E-state index in [9.17, 15) is 24.3 Å². The van der Waals surface area contributed by atoms with Crippen molar-refractivity contribution in [1.29, 1.82) is 0 Å². The van der Waals surface area contributed by atoms with Crippen LogP contribution in [0.25, 0.3) is 0 Å². The highest BCUT2D eigenvalue weighted by molar-refractivity contribution is 6.01. The third kappa shape index (κ3) is 5.39. The monoisotopic (exact) mass is 386 g/mol. The van der Waals surface area contributed by atoms with Gasteiger partial charge in [0.25, 0.3) is 0 Å². The highest BCUT2D eigenvalue weighted by Gasteiger charge is 2.18. The van der Waals surface area contributed by atoms with Gasteiger partial charge >= 0.3 is 17.9 Å². The second-order valence-electron chi connectivity index (χ2n) is 6.09. The fourth-order valence-electron chi connectivity index (χ4n) is 2.70. The molecule has 0 unspecified atom stereocenters. The van der Waals surface area contributed by atoms with Crippen molar-refractivity contribution in [2.45, 2.75) is 13.1 Å². The van der Waals surface area contributed by atoms with Crippen molar-refractivity contribution in [2.24, 2.45) is 5.73 Å². The summed E-state index contributed by atoms with van der Waals surface area (Å²) in [6, 6.07) is 10.2. The maximum absolute atomic E-state index is 11.3. The maximum Gasteiger partial charge on any atom is 0.336 e. The Morgan fingerprint density at radius 3 is 1.82 bits per heavy atom. The van der Waals surface area contributed by atoms with Crippen LogP contribution in [0.1, 0.15) is 42.2 Å². The Kier molecular flexibility index (Phi) is 6.46. The van der Waals surface area contributed by atoms with E-state index in [2.05, 4.69) is 0 Å². The van der Waals surface area contributed by atoms with E-state index >= 15 is 0 Å². The van der Waals surface area contributed by atoms with E-state index in [4.69, 9.17) is 15.9 Å². The van der Waals surface area contributed by atoms with E-state index in [1.165, 1.54) is 30.3 Å². The molecular weight excluding hydrogens is 368 g/mol. The number of nitrogens with two attached hydrogens (primary N) is 1. The van der Waals surface area contributed by atoms with Crippen molar-refractivity contribution < 1.29 is 34.5 Å². The summed E-state index contributed by atoms with van der Waals surface area (Å²) in [5.41, 5.74) is 5.98. The van der Waals surface area contributed by atoms with Gasteiger partial charge in [0.15, 0.2) is 0 Å². The molecule has 0 saturated carbocycles. The molecule has 0 spiro atoms. The van der Waals surface area contributed by atoms with Gasteiger partial charge in [0.05, 0.1) is 17.7 Å². The van der Waals surface area contributed by atoms with Crippen LogP contribution in [0.3, 0.4) is 0 Å². The molecule has 146 valence electrons. The molecule has 2 aromatic rings. The molecule has 9 heteroatoms. The van der Waals surface area contributed by atoms with E-state index in [1.807, 2.05) is 0 Å². The first-order valence-corrected chi connectivity index (χ1v) is 8.09. The fraction of sp³-hybridized carbons (Fsp3) is 0.158. The number of benzene rings is 2. The van der Waals surface area contributed by atoms with Crippen molar-refractivity contribution in [3.05, 3.63) is 70.3 Å².